The maximum absolute atomic E-state index is 12.8. The summed E-state index contributed by atoms with van der Waals surface area (Å²) in [5.41, 5.74) is -2.39. The lowest BCUT2D eigenvalue weighted by molar-refractivity contribution is -0.432. The van der Waals surface area contributed by atoms with Crippen LogP contribution in [0.2, 0.25) is 0 Å². The summed E-state index contributed by atoms with van der Waals surface area (Å²) in [6.07, 6.45) is 2.85. The van der Waals surface area contributed by atoms with E-state index in [-0.39, 0.29) is 125 Å². The van der Waals surface area contributed by atoms with Gasteiger partial charge in [-0.1, -0.05) is 36.8 Å². The van der Waals surface area contributed by atoms with Gasteiger partial charge in [0.05, 0.1) is 83.1 Å². The molecule has 0 amide bonds. The number of aliphatic hydroxyl groups excluding tert-OH is 1. The second-order valence-corrected chi connectivity index (χ2v) is 24.3. The van der Waals surface area contributed by atoms with Gasteiger partial charge in [-0.3, -0.25) is 9.11 Å². The average Bonchev–Trinajstić information content (AvgIpc) is 0.762. The van der Waals surface area contributed by atoms with Gasteiger partial charge in [-0.15, -0.1) is 18.9 Å². The van der Waals surface area contributed by atoms with E-state index >= 15 is 0 Å². The molecule has 0 unspecified atom stereocenters. The number of unbranched alkanes of at least 4 members (excludes halogenated alkanes) is 2. The van der Waals surface area contributed by atoms with Crippen LogP contribution in [0, 0.1) is 0 Å². The van der Waals surface area contributed by atoms with Crippen molar-refractivity contribution in [1.29, 1.82) is 0 Å². The number of hydrogen-bond donors (Lipinski definition) is 16. The number of nitrogens with zero attached hydrogens (tertiary/aromatic N) is 10. The Hall–Kier alpha value is -10.9. The van der Waals surface area contributed by atoms with Crippen LogP contribution in [-0.4, -0.2) is 135 Å². The Balaban J connectivity index is 1.05. The molecule has 0 aliphatic rings. The summed E-state index contributed by atoms with van der Waals surface area (Å²) in [4.78, 5) is 60.8. The first-order valence-electron chi connectivity index (χ1n) is 28.0. The van der Waals surface area contributed by atoms with Gasteiger partial charge in [0.25, 0.3) is 20.2 Å². The summed E-state index contributed by atoms with van der Waals surface area (Å²) < 4.78 is 86.0. The molecule has 0 saturated heterocycles. The summed E-state index contributed by atoms with van der Waals surface area (Å²) in [7, 11) is -10.0. The van der Waals surface area contributed by atoms with Crippen molar-refractivity contribution in [2.75, 3.05) is 51.8 Å². The molecule has 0 saturated carbocycles. The number of anilines is 10. The first-order chi connectivity index (χ1) is 46.8. The van der Waals surface area contributed by atoms with Gasteiger partial charge >= 0.3 is 17.9 Å². The molecule has 9 rings (SSSR count). The van der Waals surface area contributed by atoms with Crippen LogP contribution < -0.4 is 36.6 Å². The molecule has 512 valence electrons. The van der Waals surface area contributed by atoms with Crippen molar-refractivity contribution in [3.8, 4) is 17.2 Å². The smallest absolute Gasteiger partial charge is 0.335 e. The molecule has 2 aromatic heterocycles. The Morgan fingerprint density at radius 1 is 0.500 bits per heavy atom. The number of phenolic OH excluding ortho intramolecular Hbond substituents is 2. The van der Waals surface area contributed by atoms with Crippen LogP contribution in [0.25, 0.3) is 21.5 Å². The lowest BCUT2D eigenvalue weighted by atomic mass is 10.1. The Labute approximate surface area is 559 Å². The second kappa shape index (κ2) is 31.8. The Morgan fingerprint density at radius 3 is 1.24 bits per heavy atom. The number of benzene rings is 7. The van der Waals surface area contributed by atoms with Crippen molar-refractivity contribution in [2.24, 2.45) is 20.5 Å². The summed E-state index contributed by atoms with van der Waals surface area (Å²) in [5, 5.41) is 122. The lowest BCUT2D eigenvalue weighted by Crippen LogP contribution is -2.11. The maximum atomic E-state index is 12.8. The zero-order chi connectivity index (χ0) is 70.4. The molecular weight excluding hydrogens is 1380 g/mol. The highest BCUT2D eigenvalue weighted by Crippen LogP contribution is 2.50. The molecule has 42 heteroatoms. The van der Waals surface area contributed by atoms with Gasteiger partial charge in [0.2, 0.25) is 35.7 Å². The minimum atomic E-state index is -5.01. The highest BCUT2D eigenvalue weighted by Gasteiger charge is 2.26. The van der Waals surface area contributed by atoms with Crippen molar-refractivity contribution in [1.82, 2.24) is 29.9 Å². The largest absolute Gasteiger partial charge is 0.505 e. The summed E-state index contributed by atoms with van der Waals surface area (Å²) >= 11 is 0.519. The highest BCUT2D eigenvalue weighted by molar-refractivity contribution is 7.95. The number of aromatic hydroxyl groups is 2. The van der Waals surface area contributed by atoms with Crippen LogP contribution in [0.3, 0.4) is 0 Å². The van der Waals surface area contributed by atoms with E-state index in [4.69, 9.17) is 15.3 Å². The number of carboxylic acid groups (broad SMARTS) is 3. The number of phenols is 2. The van der Waals surface area contributed by atoms with Gasteiger partial charge in [0.15, 0.2) is 18.3 Å². The van der Waals surface area contributed by atoms with Crippen LogP contribution in [0.1, 0.15) is 70.6 Å². The summed E-state index contributed by atoms with van der Waals surface area (Å²) in [6, 6.07) is 18.9. The maximum Gasteiger partial charge on any atom is 0.335 e. The molecule has 0 radical (unpaired) electrons. The van der Waals surface area contributed by atoms with Crippen LogP contribution in [0.4, 0.5) is 81.2 Å². The fraction of sp³-hybridized carbons (Fsp3) is 0.161. The van der Waals surface area contributed by atoms with Crippen LogP contribution in [0.15, 0.2) is 137 Å². The fourth-order valence-corrected chi connectivity index (χ4v) is 11.0. The van der Waals surface area contributed by atoms with Gasteiger partial charge in [0, 0.05) is 41.3 Å². The van der Waals surface area contributed by atoms with E-state index in [9.17, 15) is 71.0 Å². The minimum Gasteiger partial charge on any atom is -0.505 e. The molecular formula is C56H52N16O22S4. The molecule has 9 aromatic rings. The highest BCUT2D eigenvalue weighted by atomic mass is 32.2. The number of azo groups is 2. The van der Waals surface area contributed by atoms with Gasteiger partial charge in [-0.05, 0) is 115 Å². The Kier molecular flexibility index (Phi) is 23.2. The number of fused-ring (bicyclic) bond motifs is 2. The number of hydrogen-bond acceptors (Lipinski definition) is 35. The van der Waals surface area contributed by atoms with E-state index in [1.165, 1.54) is 18.2 Å². The standard InChI is InChI=1S/C56H52N16O22S4/c1-3-5-11-57-51-63-53(67-55(65-51)61-38-23-36(97(84,85)86)18-26-20-40(95-93-91-82)44(46(74)42(26)38)71-69-33-14-28(48(76)77)13-29(15-33)49(78)79)59-31-7-9-32(10-8-31)60-54-64-52(58-12-6-4-2)66-56(68-54)62-39-24-37(98(87,88)89)19-27-21-41(96-94-92-83)45(47(75)43(27)39)72-70-34-16-30(50(80)81)17-35(22-34)90-25-73/h7-10,13-24,73-75,82-83H,3-6,11-12,25H2,1-2H3,(H,76,77)(H,78,79)(H,80,81)(H,84,85,86)(H,87,88,89)(H3,57,59,61,63,65,67)(H3,58,60,62,64,66,68). The van der Waals surface area contributed by atoms with E-state index in [1.54, 1.807) is 24.3 Å². The number of ether oxygens (including phenoxy) is 1. The molecule has 0 spiro atoms. The predicted molar refractivity (Wildman–Crippen MR) is 348 cm³/mol. The van der Waals surface area contributed by atoms with E-state index in [0.717, 1.165) is 67.4 Å². The number of carbonyl (C=O) groups is 3. The summed E-state index contributed by atoms with van der Waals surface area (Å²) in [6.45, 7) is 3.81. The number of aromatic nitrogens is 6. The zero-order valence-electron chi connectivity index (χ0n) is 50.2. The molecule has 0 atom stereocenters. The van der Waals surface area contributed by atoms with Crippen LogP contribution >= 0.6 is 24.1 Å². The predicted octanol–water partition coefficient (Wildman–Crippen LogP) is 11.8. The second-order valence-electron chi connectivity index (χ2n) is 20.0. The van der Waals surface area contributed by atoms with Gasteiger partial charge < -0.3 is 67.3 Å². The van der Waals surface area contributed by atoms with Gasteiger partial charge in [-0.25, -0.2) is 24.9 Å². The molecule has 0 fully saturated rings. The van der Waals surface area contributed by atoms with Crippen molar-refractivity contribution < 1.29 is 105 Å². The lowest BCUT2D eigenvalue weighted by Gasteiger charge is -2.16. The monoisotopic (exact) mass is 1430 g/mol. The van der Waals surface area contributed by atoms with Crippen LogP contribution in [-0.2, 0) is 39.0 Å². The average molecular weight is 1430 g/mol. The normalized spacial score (nSPS) is 11.7. The first-order valence-corrected chi connectivity index (χ1v) is 32.4. The van der Waals surface area contributed by atoms with E-state index in [0.29, 0.717) is 37.3 Å². The molecule has 38 nitrogen and oxygen atoms in total. The van der Waals surface area contributed by atoms with Gasteiger partial charge in [-0.2, -0.15) is 57.0 Å². The van der Waals surface area contributed by atoms with E-state index in [1.807, 2.05) is 13.8 Å². The topological polar surface area (TPSA) is 567 Å². The third kappa shape index (κ3) is 18.2. The van der Waals surface area contributed by atoms with Crippen molar-refractivity contribution in [2.45, 2.75) is 59.1 Å². The van der Waals surface area contributed by atoms with Gasteiger partial charge in [0.1, 0.15) is 17.1 Å². The van der Waals surface area contributed by atoms with Crippen molar-refractivity contribution in [3.05, 3.63) is 114 Å². The Morgan fingerprint density at radius 2 is 0.878 bits per heavy atom. The molecule has 2 heterocycles. The molecule has 7 aromatic carbocycles. The number of nitrogens with one attached hydrogen (secondary N) is 6. The quantitative estimate of drug-likeness (QED) is 0.00345. The minimum absolute atomic E-state index is 0.00457. The van der Waals surface area contributed by atoms with Crippen LogP contribution in [0.5, 0.6) is 17.2 Å². The number of aliphatic hydroxyl groups is 1. The summed E-state index contributed by atoms with van der Waals surface area (Å²) in [5.74, 6) is -6.76. The fourth-order valence-electron chi connectivity index (χ4n) is 8.92. The molecule has 0 bridgehead atoms. The first kappa shape index (κ1) is 71.4. The molecule has 16 N–H and O–H groups in total. The number of aromatic carboxylic acids is 3. The Bertz CT molecular complexity index is 4800. The number of carboxylic acids is 3. The molecule has 0 aliphatic carbocycles. The van der Waals surface area contributed by atoms with Crippen molar-refractivity contribution in [3.63, 3.8) is 0 Å². The van der Waals surface area contributed by atoms with Crippen molar-refractivity contribution >= 4 is 165 Å². The number of rotatable bonds is 33. The zero-order valence-corrected chi connectivity index (χ0v) is 53.4. The third-order valence-corrected chi connectivity index (χ3v) is 16.2. The molecule has 98 heavy (non-hydrogen) atoms. The van der Waals surface area contributed by atoms with E-state index < -0.39 is 88.7 Å². The van der Waals surface area contributed by atoms with E-state index in [2.05, 4.69) is 101 Å². The third-order valence-electron chi connectivity index (χ3n) is 13.3. The SMILES string of the molecule is CCCCNc1nc(Nc2ccc(Nc3nc(NCCCC)nc(Nc4cc(S(=O)(=O)O)cc5cc(SOOO)c(N=Nc6cc(C(=O)O)cc(C(=O)O)c6)c(O)c45)n3)cc2)nc(Nc2cc(S(=O)(=O)O)cc3cc(SOOO)c(N=Nc4cc(OCO)cc(C(=O)O)c4)c(O)c23)n1. The molecule has 0 aliphatic heterocycles.